The van der Waals surface area contributed by atoms with Gasteiger partial charge in [-0.25, -0.2) is 0 Å². The molecule has 5 nitrogen and oxygen atoms in total. The van der Waals surface area contributed by atoms with E-state index >= 15 is 0 Å². The van der Waals surface area contributed by atoms with Crippen LogP contribution in [0, 0.1) is 0 Å². The summed E-state index contributed by atoms with van der Waals surface area (Å²) in [6, 6.07) is 5.03. The smallest absolute Gasteiger partial charge is 0.264 e. The molecule has 0 radical (unpaired) electrons. The van der Waals surface area contributed by atoms with Gasteiger partial charge in [0, 0.05) is 12.6 Å². The van der Waals surface area contributed by atoms with Crippen LogP contribution in [-0.2, 0) is 9.53 Å². The van der Waals surface area contributed by atoms with Gasteiger partial charge in [-0.15, -0.1) is 0 Å². The van der Waals surface area contributed by atoms with E-state index in [4.69, 9.17) is 9.47 Å². The van der Waals surface area contributed by atoms with E-state index in [9.17, 15) is 9.59 Å². The predicted molar refractivity (Wildman–Crippen MR) is 69.7 cm³/mol. The Hall–Kier alpha value is -2.30. The molecular formula is C14H15NO4. The van der Waals surface area contributed by atoms with Crippen LogP contribution >= 0.6 is 0 Å². The number of hydrogen-bond donors (Lipinski definition) is 0. The third-order valence-electron chi connectivity index (χ3n) is 2.95. The van der Waals surface area contributed by atoms with Gasteiger partial charge in [-0.05, 0) is 25.1 Å². The van der Waals surface area contributed by atoms with Crippen molar-refractivity contribution >= 4 is 17.4 Å². The minimum absolute atomic E-state index is 0.340. The first-order chi connectivity index (χ1) is 9.10. The number of imide groups is 1. The molecule has 0 saturated carbocycles. The lowest BCUT2D eigenvalue weighted by molar-refractivity contribution is -0.121. The van der Waals surface area contributed by atoms with Crippen molar-refractivity contribution in [3.05, 3.63) is 35.6 Å². The van der Waals surface area contributed by atoms with Crippen LogP contribution in [-0.4, -0.2) is 37.5 Å². The number of rotatable bonds is 3. The third-order valence-corrected chi connectivity index (χ3v) is 2.95. The lowest BCUT2D eigenvalue weighted by atomic mass is 9.94. The van der Waals surface area contributed by atoms with E-state index in [1.54, 1.807) is 18.2 Å². The van der Waals surface area contributed by atoms with Gasteiger partial charge in [0.05, 0.1) is 31.1 Å². The largest absolute Gasteiger partial charge is 0.501 e. The van der Waals surface area contributed by atoms with E-state index in [0.29, 0.717) is 29.1 Å². The highest BCUT2D eigenvalue weighted by Crippen LogP contribution is 2.30. The van der Waals surface area contributed by atoms with Crippen LogP contribution in [0.3, 0.4) is 0 Å². The lowest BCUT2D eigenvalue weighted by Gasteiger charge is -2.25. The monoisotopic (exact) mass is 261 g/mol. The molecule has 0 aromatic heterocycles. The summed E-state index contributed by atoms with van der Waals surface area (Å²) in [5.41, 5.74) is 1.39. The summed E-state index contributed by atoms with van der Waals surface area (Å²) >= 11 is 0. The molecule has 1 heterocycles. The van der Waals surface area contributed by atoms with E-state index in [0.717, 1.165) is 4.90 Å². The first-order valence-electron chi connectivity index (χ1n) is 5.92. The second-order valence-electron chi connectivity index (χ2n) is 4.07. The van der Waals surface area contributed by atoms with Gasteiger partial charge in [0.25, 0.3) is 11.8 Å². The highest BCUT2D eigenvalue weighted by Gasteiger charge is 2.33. The maximum absolute atomic E-state index is 12.1. The van der Waals surface area contributed by atoms with Crippen LogP contribution in [0.25, 0.3) is 5.57 Å². The third kappa shape index (κ3) is 2.19. The van der Waals surface area contributed by atoms with Crippen molar-refractivity contribution < 1.29 is 19.1 Å². The van der Waals surface area contributed by atoms with Crippen LogP contribution in [0.5, 0.6) is 5.75 Å². The first kappa shape index (κ1) is 13.1. The fourth-order valence-corrected chi connectivity index (χ4v) is 1.91. The number of amides is 2. The maximum atomic E-state index is 12.1. The molecule has 0 unspecified atom stereocenters. The Morgan fingerprint density at radius 1 is 1.21 bits per heavy atom. The molecule has 19 heavy (non-hydrogen) atoms. The molecule has 0 saturated heterocycles. The number of methoxy groups -OCH3 is 1. The Kier molecular flexibility index (Phi) is 3.55. The first-order valence-corrected chi connectivity index (χ1v) is 5.92. The van der Waals surface area contributed by atoms with Crippen LogP contribution in [0.1, 0.15) is 22.8 Å². The maximum Gasteiger partial charge on any atom is 0.264 e. The van der Waals surface area contributed by atoms with Crippen molar-refractivity contribution in [2.45, 2.75) is 6.92 Å². The topological polar surface area (TPSA) is 55.8 Å². The Bertz CT molecular complexity index is 563. The van der Waals surface area contributed by atoms with Gasteiger partial charge in [0.2, 0.25) is 0 Å². The molecule has 1 aliphatic heterocycles. The highest BCUT2D eigenvalue weighted by molar-refractivity contribution is 6.30. The molecule has 2 rings (SSSR count). The number of nitrogens with zero attached hydrogens (tertiary/aromatic N) is 1. The normalized spacial score (nSPS) is 16.6. The van der Waals surface area contributed by atoms with Gasteiger partial charge in [-0.2, -0.15) is 0 Å². The second-order valence-corrected chi connectivity index (χ2v) is 4.07. The van der Waals surface area contributed by atoms with Crippen molar-refractivity contribution in [3.63, 3.8) is 0 Å². The minimum atomic E-state index is -0.365. The van der Waals surface area contributed by atoms with Gasteiger partial charge in [0.1, 0.15) is 5.75 Å². The van der Waals surface area contributed by atoms with E-state index in [1.165, 1.54) is 20.4 Å². The van der Waals surface area contributed by atoms with Crippen LogP contribution in [0.4, 0.5) is 0 Å². The molecule has 0 spiro atoms. The van der Waals surface area contributed by atoms with Crippen LogP contribution in [0.15, 0.2) is 24.5 Å². The van der Waals surface area contributed by atoms with Crippen LogP contribution in [0.2, 0.25) is 0 Å². The number of carbonyl (C=O) groups is 2. The number of likely N-dealkylation sites (N-methyl/N-ethyl adjacent to an activating group) is 1. The summed E-state index contributed by atoms with van der Waals surface area (Å²) in [5, 5.41) is 0. The molecule has 0 bridgehead atoms. The zero-order valence-electron chi connectivity index (χ0n) is 11.1. The standard InChI is InChI=1S/C14H15NO4/c1-4-19-8-12-10-6-5-9(18-3)7-11(10)13(16)15(2)14(12)17/h5-8H,4H2,1-3H3/b12-8-. The SMILES string of the molecule is CCO/C=C1\C(=O)N(C)C(=O)c2cc(OC)ccc21. The molecule has 2 amide bonds. The molecule has 100 valence electrons. The Balaban J connectivity index is 2.58. The molecule has 1 aromatic rings. The van der Waals surface area contributed by atoms with Gasteiger partial charge >= 0.3 is 0 Å². The Morgan fingerprint density at radius 2 is 1.95 bits per heavy atom. The van der Waals surface area contributed by atoms with Crippen molar-refractivity contribution in [3.8, 4) is 5.75 Å². The van der Waals surface area contributed by atoms with Gasteiger partial charge < -0.3 is 9.47 Å². The Labute approximate surface area is 111 Å². The van der Waals surface area contributed by atoms with E-state index in [2.05, 4.69) is 0 Å². The van der Waals surface area contributed by atoms with Gasteiger partial charge in [0.15, 0.2) is 0 Å². The average Bonchev–Trinajstić information content (AvgIpc) is 2.44. The quantitative estimate of drug-likeness (QED) is 0.472. The van der Waals surface area contributed by atoms with E-state index < -0.39 is 0 Å². The van der Waals surface area contributed by atoms with E-state index in [1.807, 2.05) is 6.92 Å². The summed E-state index contributed by atoms with van der Waals surface area (Å²) in [5.74, 6) is -0.130. The second kappa shape index (κ2) is 5.14. The number of fused-ring (bicyclic) bond motifs is 1. The summed E-state index contributed by atoms with van der Waals surface area (Å²) in [6.45, 7) is 2.29. The number of benzene rings is 1. The highest BCUT2D eigenvalue weighted by atomic mass is 16.5. The number of hydrogen-bond acceptors (Lipinski definition) is 4. The molecule has 0 atom stereocenters. The fourth-order valence-electron chi connectivity index (χ4n) is 1.91. The average molecular weight is 261 g/mol. The lowest BCUT2D eigenvalue weighted by Crippen LogP contribution is -2.38. The summed E-state index contributed by atoms with van der Waals surface area (Å²) < 4.78 is 10.3. The molecule has 5 heteroatoms. The Morgan fingerprint density at radius 3 is 2.58 bits per heavy atom. The predicted octanol–water partition coefficient (Wildman–Crippen LogP) is 1.68. The van der Waals surface area contributed by atoms with E-state index in [-0.39, 0.29) is 11.8 Å². The van der Waals surface area contributed by atoms with Gasteiger partial charge in [-0.3, -0.25) is 14.5 Å². The molecule has 0 fully saturated rings. The number of carbonyl (C=O) groups excluding carboxylic acids is 2. The molecule has 0 N–H and O–H groups in total. The van der Waals surface area contributed by atoms with Crippen molar-refractivity contribution in [2.24, 2.45) is 0 Å². The van der Waals surface area contributed by atoms with Crippen molar-refractivity contribution in [1.82, 2.24) is 4.90 Å². The zero-order valence-corrected chi connectivity index (χ0v) is 11.1. The van der Waals surface area contributed by atoms with Crippen molar-refractivity contribution in [2.75, 3.05) is 20.8 Å². The summed E-state index contributed by atoms with van der Waals surface area (Å²) in [7, 11) is 2.98. The van der Waals surface area contributed by atoms with Crippen molar-refractivity contribution in [1.29, 1.82) is 0 Å². The molecule has 1 aliphatic rings. The number of ether oxygens (including phenoxy) is 2. The van der Waals surface area contributed by atoms with Crippen LogP contribution < -0.4 is 4.74 Å². The molecule has 1 aromatic carbocycles. The minimum Gasteiger partial charge on any atom is -0.501 e. The molecular weight excluding hydrogens is 246 g/mol. The fraction of sp³-hybridized carbons (Fsp3) is 0.286. The zero-order chi connectivity index (χ0) is 14.0. The molecule has 0 aliphatic carbocycles. The summed E-state index contributed by atoms with van der Waals surface area (Å²) in [4.78, 5) is 25.3. The summed E-state index contributed by atoms with van der Waals surface area (Å²) in [6.07, 6.45) is 1.40. The van der Waals surface area contributed by atoms with Gasteiger partial charge in [-0.1, -0.05) is 0 Å².